The van der Waals surface area contributed by atoms with Crippen LogP contribution >= 0.6 is 11.6 Å². The molecule has 1 heterocycles. The van der Waals surface area contributed by atoms with Gasteiger partial charge < -0.3 is 5.32 Å². The lowest BCUT2D eigenvalue weighted by Crippen LogP contribution is -1.96. The van der Waals surface area contributed by atoms with E-state index in [-0.39, 0.29) is 0 Å². The summed E-state index contributed by atoms with van der Waals surface area (Å²) in [5.74, 6) is 0.778. The highest BCUT2D eigenvalue weighted by molar-refractivity contribution is 6.30. The number of rotatable bonds is 1. The van der Waals surface area contributed by atoms with E-state index in [0.717, 1.165) is 11.4 Å². The van der Waals surface area contributed by atoms with Gasteiger partial charge in [-0.2, -0.15) is 0 Å². The van der Waals surface area contributed by atoms with E-state index >= 15 is 0 Å². The molecule has 0 saturated carbocycles. The largest absolute Gasteiger partial charge is 0.373 e. The molecule has 12 heavy (non-hydrogen) atoms. The minimum absolute atomic E-state index is 0.499. The molecule has 0 aromatic carbocycles. The van der Waals surface area contributed by atoms with Crippen molar-refractivity contribution in [2.75, 3.05) is 12.4 Å². The molecule has 0 amide bonds. The van der Waals surface area contributed by atoms with E-state index in [2.05, 4.69) is 15.3 Å². The summed E-state index contributed by atoms with van der Waals surface area (Å²) in [5, 5.41) is 3.40. The average molecular weight is 188 g/mol. The van der Waals surface area contributed by atoms with E-state index in [1.165, 1.54) is 6.33 Å². The molecule has 0 saturated heterocycles. The van der Waals surface area contributed by atoms with Crippen LogP contribution < -0.4 is 5.32 Å². The molecule has 0 radical (unpaired) electrons. The van der Waals surface area contributed by atoms with Crippen molar-refractivity contribution >= 4 is 17.4 Å². The van der Waals surface area contributed by atoms with Gasteiger partial charge in [-0.05, 0) is 6.92 Å². The zero-order valence-electron chi connectivity index (χ0n) is 7.85. The van der Waals surface area contributed by atoms with E-state index in [1.54, 1.807) is 7.05 Å². The van der Waals surface area contributed by atoms with Crippen LogP contribution in [-0.2, 0) is 0 Å². The molecule has 0 spiro atoms. The Morgan fingerprint density at radius 3 is 2.33 bits per heavy atom. The molecule has 4 heteroatoms. The monoisotopic (exact) mass is 187 g/mol. The maximum absolute atomic E-state index is 5.70. The maximum Gasteiger partial charge on any atom is 0.137 e. The van der Waals surface area contributed by atoms with Gasteiger partial charge >= 0.3 is 0 Å². The van der Waals surface area contributed by atoms with Gasteiger partial charge in [0.2, 0.25) is 0 Å². The Morgan fingerprint density at radius 2 is 1.92 bits per heavy atom. The zero-order chi connectivity index (χ0) is 9.56. The third kappa shape index (κ3) is 2.66. The van der Waals surface area contributed by atoms with Crippen LogP contribution in [0.4, 0.5) is 5.82 Å². The molecule has 0 aliphatic carbocycles. The van der Waals surface area contributed by atoms with Crippen molar-refractivity contribution in [3.05, 3.63) is 17.0 Å². The van der Waals surface area contributed by atoms with Crippen molar-refractivity contribution in [1.82, 2.24) is 9.97 Å². The number of hydrogen-bond acceptors (Lipinski definition) is 3. The Balaban J connectivity index is 0.000000561. The number of anilines is 1. The van der Waals surface area contributed by atoms with Crippen LogP contribution in [0.5, 0.6) is 0 Å². The molecule has 0 bridgehead atoms. The number of nitrogens with zero attached hydrogens (tertiary/aromatic N) is 2. The molecule has 1 aromatic heterocycles. The van der Waals surface area contributed by atoms with E-state index in [0.29, 0.717) is 5.15 Å². The first-order chi connectivity index (χ1) is 5.75. The summed E-state index contributed by atoms with van der Waals surface area (Å²) in [6, 6.07) is 0. The lowest BCUT2D eigenvalue weighted by Gasteiger charge is -2.02. The summed E-state index contributed by atoms with van der Waals surface area (Å²) in [6.45, 7) is 5.87. The van der Waals surface area contributed by atoms with Crippen LogP contribution in [0.3, 0.4) is 0 Å². The highest BCUT2D eigenvalue weighted by atomic mass is 35.5. The molecule has 0 aliphatic rings. The lowest BCUT2D eigenvalue weighted by molar-refractivity contribution is 1.12. The fourth-order valence-corrected chi connectivity index (χ4v) is 0.814. The standard InChI is InChI=1S/C6H8ClN3.C2H6/c1-4-5(7)9-3-10-6(4)8-2;1-2/h3H,1-2H3,(H,8,9,10);1-2H3. The van der Waals surface area contributed by atoms with Crippen molar-refractivity contribution in [3.63, 3.8) is 0 Å². The normalized spacial score (nSPS) is 8.42. The molecule has 0 atom stereocenters. The molecular formula is C8H14ClN3. The minimum atomic E-state index is 0.499. The minimum Gasteiger partial charge on any atom is -0.373 e. The Bertz CT molecular complexity index is 238. The smallest absolute Gasteiger partial charge is 0.137 e. The van der Waals surface area contributed by atoms with Crippen molar-refractivity contribution in [2.24, 2.45) is 0 Å². The predicted molar refractivity (Wildman–Crippen MR) is 52.7 cm³/mol. The van der Waals surface area contributed by atoms with Crippen LogP contribution in [-0.4, -0.2) is 17.0 Å². The number of halogens is 1. The summed E-state index contributed by atoms with van der Waals surface area (Å²) in [6.07, 6.45) is 1.43. The third-order valence-corrected chi connectivity index (χ3v) is 1.64. The van der Waals surface area contributed by atoms with Crippen LogP contribution in [0.1, 0.15) is 19.4 Å². The van der Waals surface area contributed by atoms with Crippen LogP contribution in [0.2, 0.25) is 5.15 Å². The summed E-state index contributed by atoms with van der Waals surface area (Å²) >= 11 is 5.70. The van der Waals surface area contributed by atoms with Gasteiger partial charge in [0.05, 0.1) is 0 Å². The Labute approximate surface area is 78.2 Å². The first-order valence-corrected chi connectivity index (χ1v) is 4.28. The highest BCUT2D eigenvalue weighted by Gasteiger charge is 2.00. The summed E-state index contributed by atoms with van der Waals surface area (Å²) < 4.78 is 0. The topological polar surface area (TPSA) is 37.8 Å². The average Bonchev–Trinajstić information content (AvgIpc) is 2.13. The second-order valence-electron chi connectivity index (χ2n) is 1.89. The van der Waals surface area contributed by atoms with E-state index in [4.69, 9.17) is 11.6 Å². The number of nitrogens with one attached hydrogen (secondary N) is 1. The van der Waals surface area contributed by atoms with Crippen molar-refractivity contribution < 1.29 is 0 Å². The van der Waals surface area contributed by atoms with Gasteiger partial charge in [-0.3, -0.25) is 0 Å². The van der Waals surface area contributed by atoms with Gasteiger partial charge in [0.15, 0.2) is 0 Å². The van der Waals surface area contributed by atoms with Crippen LogP contribution in [0.25, 0.3) is 0 Å². The molecular weight excluding hydrogens is 174 g/mol. The molecule has 1 N–H and O–H groups in total. The maximum atomic E-state index is 5.70. The fourth-order valence-electron chi connectivity index (χ4n) is 0.681. The van der Waals surface area contributed by atoms with Gasteiger partial charge in [-0.25, -0.2) is 9.97 Å². The van der Waals surface area contributed by atoms with Gasteiger partial charge in [0.25, 0.3) is 0 Å². The molecule has 3 nitrogen and oxygen atoms in total. The number of aromatic nitrogens is 2. The second kappa shape index (κ2) is 5.77. The molecule has 0 aliphatic heterocycles. The van der Waals surface area contributed by atoms with Gasteiger partial charge in [0.1, 0.15) is 17.3 Å². The van der Waals surface area contributed by atoms with Gasteiger partial charge in [0, 0.05) is 12.6 Å². The second-order valence-corrected chi connectivity index (χ2v) is 2.25. The first kappa shape index (κ1) is 11.2. The third-order valence-electron chi connectivity index (χ3n) is 1.26. The SMILES string of the molecule is CC.CNc1ncnc(Cl)c1C. The zero-order valence-corrected chi connectivity index (χ0v) is 8.61. The van der Waals surface area contributed by atoms with E-state index < -0.39 is 0 Å². The van der Waals surface area contributed by atoms with Gasteiger partial charge in [-0.15, -0.1) is 0 Å². The van der Waals surface area contributed by atoms with Crippen molar-refractivity contribution in [2.45, 2.75) is 20.8 Å². The summed E-state index contributed by atoms with van der Waals surface area (Å²) in [5.41, 5.74) is 0.881. The highest BCUT2D eigenvalue weighted by Crippen LogP contribution is 2.16. The molecule has 68 valence electrons. The fraction of sp³-hybridized carbons (Fsp3) is 0.500. The molecule has 0 fully saturated rings. The van der Waals surface area contributed by atoms with Crippen molar-refractivity contribution in [1.29, 1.82) is 0 Å². The van der Waals surface area contributed by atoms with Crippen molar-refractivity contribution in [3.8, 4) is 0 Å². The van der Waals surface area contributed by atoms with Gasteiger partial charge in [-0.1, -0.05) is 25.4 Å². The predicted octanol–water partition coefficient (Wildman–Crippen LogP) is 2.51. The first-order valence-electron chi connectivity index (χ1n) is 3.90. The summed E-state index contributed by atoms with van der Waals surface area (Å²) in [7, 11) is 1.80. The Morgan fingerprint density at radius 1 is 1.33 bits per heavy atom. The molecule has 1 aromatic rings. The summed E-state index contributed by atoms with van der Waals surface area (Å²) in [4.78, 5) is 7.75. The molecule has 1 rings (SSSR count). The lowest BCUT2D eigenvalue weighted by atomic mass is 10.3. The molecule has 0 unspecified atom stereocenters. The number of hydrogen-bond donors (Lipinski definition) is 1. The Kier molecular flexibility index (Phi) is 5.37. The van der Waals surface area contributed by atoms with E-state index in [9.17, 15) is 0 Å². The van der Waals surface area contributed by atoms with Crippen LogP contribution in [0, 0.1) is 6.92 Å². The van der Waals surface area contributed by atoms with E-state index in [1.807, 2.05) is 20.8 Å². The quantitative estimate of drug-likeness (QED) is 0.687. The Hall–Kier alpha value is -0.830. The van der Waals surface area contributed by atoms with Crippen LogP contribution in [0.15, 0.2) is 6.33 Å².